The van der Waals surface area contributed by atoms with Gasteiger partial charge in [0.25, 0.3) is 0 Å². The second kappa shape index (κ2) is 7.19. The first-order chi connectivity index (χ1) is 11.3. The Kier molecular flexibility index (Phi) is 4.83. The summed E-state index contributed by atoms with van der Waals surface area (Å²) in [5.74, 6) is 2.12. The van der Waals surface area contributed by atoms with Gasteiger partial charge in [0.05, 0.1) is 11.6 Å². The molecule has 0 bridgehead atoms. The molecular weight excluding hydrogens is 282 g/mol. The third kappa shape index (κ3) is 3.65. The highest BCUT2D eigenvalue weighted by Crippen LogP contribution is 2.36. The molecule has 0 spiro atoms. The van der Waals surface area contributed by atoms with Crippen LogP contribution in [0.3, 0.4) is 0 Å². The zero-order valence-corrected chi connectivity index (χ0v) is 13.3. The van der Waals surface area contributed by atoms with E-state index in [1.165, 1.54) is 31.2 Å². The van der Waals surface area contributed by atoms with Crippen LogP contribution in [-0.4, -0.2) is 9.97 Å². The minimum Gasteiger partial charge on any atom is -0.236 e. The summed E-state index contributed by atoms with van der Waals surface area (Å²) in [6.45, 7) is 3.84. The van der Waals surface area contributed by atoms with E-state index in [1.807, 2.05) is 30.6 Å². The first-order valence-corrected chi connectivity index (χ1v) is 8.23. The fourth-order valence-electron chi connectivity index (χ4n) is 3.36. The number of aromatic nitrogens is 2. The van der Waals surface area contributed by atoms with Crippen molar-refractivity contribution in [1.29, 1.82) is 5.26 Å². The van der Waals surface area contributed by atoms with Crippen molar-refractivity contribution >= 4 is 0 Å². The topological polar surface area (TPSA) is 49.6 Å². The fourth-order valence-corrected chi connectivity index (χ4v) is 3.36. The van der Waals surface area contributed by atoms with Gasteiger partial charge in [0.1, 0.15) is 0 Å². The van der Waals surface area contributed by atoms with E-state index in [0.717, 1.165) is 23.7 Å². The maximum atomic E-state index is 8.85. The molecule has 1 aliphatic rings. The Balaban J connectivity index is 1.67. The molecule has 1 fully saturated rings. The Morgan fingerprint density at radius 1 is 1.09 bits per heavy atom. The summed E-state index contributed by atoms with van der Waals surface area (Å²) in [4.78, 5) is 9.05. The Morgan fingerprint density at radius 3 is 2.30 bits per heavy atom. The smallest absolute Gasteiger partial charge is 0.159 e. The lowest BCUT2D eigenvalue weighted by atomic mass is 9.78. The third-order valence-electron chi connectivity index (χ3n) is 4.76. The van der Waals surface area contributed by atoms with Crippen molar-refractivity contribution in [2.45, 2.75) is 38.0 Å². The molecule has 1 aromatic carbocycles. The van der Waals surface area contributed by atoms with Crippen LogP contribution in [0.1, 0.15) is 49.1 Å². The largest absolute Gasteiger partial charge is 0.236 e. The van der Waals surface area contributed by atoms with Gasteiger partial charge in [-0.3, -0.25) is 0 Å². The summed E-state index contributed by atoms with van der Waals surface area (Å²) in [5.41, 5.74) is 2.85. The number of hydrogen-bond acceptors (Lipinski definition) is 3. The molecule has 1 heterocycles. The number of benzene rings is 1. The van der Waals surface area contributed by atoms with Crippen LogP contribution in [0.5, 0.6) is 0 Å². The molecule has 0 radical (unpaired) electrons. The van der Waals surface area contributed by atoms with Crippen LogP contribution >= 0.6 is 0 Å². The molecule has 0 N–H and O–H groups in total. The molecule has 1 aromatic heterocycles. The molecule has 0 unspecified atom stereocenters. The highest BCUT2D eigenvalue weighted by Gasteiger charge is 2.22. The van der Waals surface area contributed by atoms with Gasteiger partial charge in [-0.25, -0.2) is 9.97 Å². The molecule has 3 rings (SSSR count). The average Bonchev–Trinajstić information content (AvgIpc) is 2.63. The molecule has 1 aliphatic carbocycles. The van der Waals surface area contributed by atoms with Crippen molar-refractivity contribution in [2.24, 2.45) is 5.92 Å². The van der Waals surface area contributed by atoms with Crippen molar-refractivity contribution in [3.05, 3.63) is 60.4 Å². The highest BCUT2D eigenvalue weighted by atomic mass is 14.9. The highest BCUT2D eigenvalue weighted by molar-refractivity contribution is 5.56. The molecule has 3 heteroatoms. The van der Waals surface area contributed by atoms with Gasteiger partial charge in [-0.1, -0.05) is 6.08 Å². The van der Waals surface area contributed by atoms with Crippen LogP contribution in [0.4, 0.5) is 0 Å². The Bertz CT molecular complexity index is 687. The van der Waals surface area contributed by atoms with Crippen LogP contribution in [0.25, 0.3) is 11.4 Å². The molecule has 3 nitrogen and oxygen atoms in total. The van der Waals surface area contributed by atoms with E-state index in [0.29, 0.717) is 11.5 Å². The normalized spacial score (nSPS) is 20.7. The Morgan fingerprint density at radius 2 is 1.74 bits per heavy atom. The van der Waals surface area contributed by atoms with E-state index >= 15 is 0 Å². The predicted molar refractivity (Wildman–Crippen MR) is 91.7 cm³/mol. The van der Waals surface area contributed by atoms with Crippen LogP contribution in [-0.2, 0) is 0 Å². The molecule has 0 atom stereocenters. The second-order valence-electron chi connectivity index (χ2n) is 6.27. The lowest BCUT2D eigenvalue weighted by molar-refractivity contribution is 0.328. The number of nitrogens with zero attached hydrogens (tertiary/aromatic N) is 3. The van der Waals surface area contributed by atoms with Crippen LogP contribution < -0.4 is 0 Å². The number of hydrogen-bond donors (Lipinski definition) is 0. The third-order valence-corrected chi connectivity index (χ3v) is 4.76. The summed E-state index contributed by atoms with van der Waals surface area (Å²) in [6, 6.07) is 9.52. The summed E-state index contributed by atoms with van der Waals surface area (Å²) >= 11 is 0. The molecule has 1 saturated carbocycles. The standard InChI is InChI=1S/C20H21N3/c1-2-3-15-4-8-17(9-5-15)19-13-22-20(23-14-19)18-10-6-16(12-21)7-11-18/h2,6-7,10-11,13-15,17H,1,3-5,8-9H2/t15-,17-. The molecule has 2 aromatic rings. The minimum atomic E-state index is 0.589. The van der Waals surface area contributed by atoms with Gasteiger partial charge in [0.15, 0.2) is 5.82 Å². The number of nitriles is 1. The van der Waals surface area contributed by atoms with Crippen molar-refractivity contribution in [2.75, 3.05) is 0 Å². The monoisotopic (exact) mass is 303 g/mol. The van der Waals surface area contributed by atoms with Crippen LogP contribution in [0, 0.1) is 17.2 Å². The molecule has 23 heavy (non-hydrogen) atoms. The summed E-state index contributed by atoms with van der Waals surface area (Å²) in [6.07, 6.45) is 12.1. The van der Waals surface area contributed by atoms with Gasteiger partial charge >= 0.3 is 0 Å². The van der Waals surface area contributed by atoms with Gasteiger partial charge < -0.3 is 0 Å². The van der Waals surface area contributed by atoms with E-state index in [2.05, 4.69) is 22.6 Å². The van der Waals surface area contributed by atoms with Crippen molar-refractivity contribution in [1.82, 2.24) is 9.97 Å². The fraction of sp³-hybridized carbons (Fsp3) is 0.350. The predicted octanol–water partition coefficient (Wildman–Crippen LogP) is 4.87. The SMILES string of the molecule is C=CC[C@H]1CC[C@H](c2cnc(-c3ccc(C#N)cc3)nc2)CC1. The number of allylic oxidation sites excluding steroid dienone is 1. The van der Waals surface area contributed by atoms with E-state index in [9.17, 15) is 0 Å². The van der Waals surface area contributed by atoms with Gasteiger partial charge in [-0.15, -0.1) is 6.58 Å². The number of rotatable bonds is 4. The molecule has 0 saturated heterocycles. The van der Waals surface area contributed by atoms with E-state index < -0.39 is 0 Å². The minimum absolute atomic E-state index is 0.589. The van der Waals surface area contributed by atoms with E-state index in [4.69, 9.17) is 5.26 Å². The van der Waals surface area contributed by atoms with Gasteiger partial charge in [-0.2, -0.15) is 5.26 Å². The maximum Gasteiger partial charge on any atom is 0.159 e. The van der Waals surface area contributed by atoms with Crippen molar-refractivity contribution < 1.29 is 0 Å². The Labute approximate surface area is 137 Å². The average molecular weight is 303 g/mol. The quantitative estimate of drug-likeness (QED) is 0.757. The first kappa shape index (κ1) is 15.4. The molecule has 116 valence electrons. The maximum absolute atomic E-state index is 8.85. The first-order valence-electron chi connectivity index (χ1n) is 8.23. The molecule has 0 amide bonds. The Hall–Kier alpha value is -2.47. The summed E-state index contributed by atoms with van der Waals surface area (Å²) in [5, 5.41) is 8.85. The van der Waals surface area contributed by atoms with E-state index in [-0.39, 0.29) is 0 Å². The molecular formula is C20H21N3. The molecule has 0 aliphatic heterocycles. The van der Waals surface area contributed by atoms with Crippen molar-refractivity contribution in [3.63, 3.8) is 0 Å². The lowest BCUT2D eigenvalue weighted by Crippen LogP contribution is -2.13. The second-order valence-corrected chi connectivity index (χ2v) is 6.27. The summed E-state index contributed by atoms with van der Waals surface area (Å²) < 4.78 is 0. The van der Waals surface area contributed by atoms with Crippen LogP contribution in [0.2, 0.25) is 0 Å². The zero-order chi connectivity index (χ0) is 16.1. The van der Waals surface area contributed by atoms with Gasteiger partial charge in [0.2, 0.25) is 0 Å². The summed E-state index contributed by atoms with van der Waals surface area (Å²) in [7, 11) is 0. The van der Waals surface area contributed by atoms with Crippen molar-refractivity contribution in [3.8, 4) is 17.5 Å². The van der Waals surface area contributed by atoms with Gasteiger partial charge in [0, 0.05) is 18.0 Å². The zero-order valence-electron chi connectivity index (χ0n) is 13.3. The van der Waals surface area contributed by atoms with Gasteiger partial charge in [-0.05, 0) is 73.8 Å². The van der Waals surface area contributed by atoms with E-state index in [1.54, 1.807) is 12.1 Å². The van der Waals surface area contributed by atoms with Crippen LogP contribution in [0.15, 0.2) is 49.3 Å². The lowest BCUT2D eigenvalue weighted by Gasteiger charge is -2.27.